The lowest BCUT2D eigenvalue weighted by atomic mass is 9.80. The van der Waals surface area contributed by atoms with Crippen LogP contribution in [0, 0.1) is 17.7 Å². The van der Waals surface area contributed by atoms with Gasteiger partial charge in [-0.3, -0.25) is 0 Å². The van der Waals surface area contributed by atoms with Crippen LogP contribution in [0.4, 0.5) is 4.39 Å². The Bertz CT molecular complexity index is 387. The third-order valence-electron chi connectivity index (χ3n) is 3.92. The second kappa shape index (κ2) is 6.03. The molecule has 1 N–H and O–H groups in total. The predicted molar refractivity (Wildman–Crippen MR) is 74.2 cm³/mol. The number of halogens is 2. The molecule has 0 heterocycles. The summed E-state index contributed by atoms with van der Waals surface area (Å²) in [5.74, 6) is 1.27. The zero-order valence-corrected chi connectivity index (χ0v) is 11.8. The Morgan fingerprint density at radius 1 is 1.28 bits per heavy atom. The minimum atomic E-state index is -0.260. The van der Waals surface area contributed by atoms with Gasteiger partial charge in [0, 0.05) is 17.6 Å². The van der Waals surface area contributed by atoms with Gasteiger partial charge in [-0.05, 0) is 54.9 Å². The first-order chi connectivity index (χ1) is 8.54. The van der Waals surface area contributed by atoms with Crippen LogP contribution >= 0.6 is 11.6 Å². The second-order valence-corrected chi connectivity index (χ2v) is 6.10. The van der Waals surface area contributed by atoms with Gasteiger partial charge < -0.3 is 5.32 Å². The Morgan fingerprint density at radius 3 is 2.72 bits per heavy atom. The molecule has 3 atom stereocenters. The molecule has 1 aromatic rings. The molecular weight excluding hydrogens is 249 g/mol. The van der Waals surface area contributed by atoms with Gasteiger partial charge in [0.1, 0.15) is 5.82 Å². The summed E-state index contributed by atoms with van der Waals surface area (Å²) in [6, 6.07) is 5.27. The van der Waals surface area contributed by atoms with Gasteiger partial charge in [-0.15, -0.1) is 0 Å². The van der Waals surface area contributed by atoms with Crippen molar-refractivity contribution >= 4 is 11.6 Å². The Morgan fingerprint density at radius 2 is 2.06 bits per heavy atom. The molecule has 1 aliphatic rings. The standard InChI is InChI=1S/C15H21ClFN/c1-10-3-4-15(11(2)5-10)18-9-12-6-13(16)8-14(17)7-12/h6-8,10-11,15,18H,3-5,9H2,1-2H3. The first-order valence-electron chi connectivity index (χ1n) is 6.73. The van der Waals surface area contributed by atoms with Crippen LogP contribution in [0.25, 0.3) is 0 Å². The first-order valence-corrected chi connectivity index (χ1v) is 7.10. The summed E-state index contributed by atoms with van der Waals surface area (Å²) < 4.78 is 13.2. The highest BCUT2D eigenvalue weighted by molar-refractivity contribution is 6.30. The lowest BCUT2D eigenvalue weighted by Crippen LogP contribution is -2.38. The molecule has 3 heteroatoms. The predicted octanol–water partition coefficient (Wildman–Crippen LogP) is 4.39. The quantitative estimate of drug-likeness (QED) is 0.858. The van der Waals surface area contributed by atoms with Crippen molar-refractivity contribution in [2.75, 3.05) is 0 Å². The Hall–Kier alpha value is -0.600. The second-order valence-electron chi connectivity index (χ2n) is 5.66. The van der Waals surface area contributed by atoms with Crippen LogP contribution in [0.5, 0.6) is 0 Å². The molecule has 0 aromatic heterocycles. The fraction of sp³-hybridized carbons (Fsp3) is 0.600. The molecule has 100 valence electrons. The van der Waals surface area contributed by atoms with E-state index in [4.69, 9.17) is 11.6 Å². The molecule has 0 amide bonds. The highest BCUT2D eigenvalue weighted by Crippen LogP contribution is 2.28. The van der Waals surface area contributed by atoms with E-state index in [1.165, 1.54) is 25.3 Å². The van der Waals surface area contributed by atoms with Crippen molar-refractivity contribution in [2.24, 2.45) is 11.8 Å². The van der Waals surface area contributed by atoms with E-state index in [9.17, 15) is 4.39 Å². The Balaban J connectivity index is 1.91. The molecule has 1 aliphatic carbocycles. The van der Waals surface area contributed by atoms with Crippen molar-refractivity contribution in [3.8, 4) is 0 Å². The summed E-state index contributed by atoms with van der Waals surface area (Å²) in [5.41, 5.74) is 0.922. The van der Waals surface area contributed by atoms with Crippen LogP contribution in [0.1, 0.15) is 38.7 Å². The fourth-order valence-corrected chi connectivity index (χ4v) is 3.17. The van der Waals surface area contributed by atoms with Crippen molar-refractivity contribution in [3.05, 3.63) is 34.6 Å². The maximum atomic E-state index is 13.2. The molecule has 2 rings (SSSR count). The van der Waals surface area contributed by atoms with Gasteiger partial charge in [-0.25, -0.2) is 4.39 Å². The number of hydrogen-bond donors (Lipinski definition) is 1. The summed E-state index contributed by atoms with van der Waals surface area (Å²) in [6.07, 6.45) is 3.78. The molecule has 1 fully saturated rings. The molecule has 0 bridgehead atoms. The number of hydrogen-bond acceptors (Lipinski definition) is 1. The monoisotopic (exact) mass is 269 g/mol. The number of rotatable bonds is 3. The molecule has 0 radical (unpaired) electrons. The van der Waals surface area contributed by atoms with E-state index in [1.807, 2.05) is 6.07 Å². The summed E-state index contributed by atoms with van der Waals surface area (Å²) in [5, 5.41) is 4.01. The fourth-order valence-electron chi connectivity index (χ4n) is 2.93. The van der Waals surface area contributed by atoms with E-state index in [2.05, 4.69) is 19.2 Å². The van der Waals surface area contributed by atoms with Crippen LogP contribution in [0.15, 0.2) is 18.2 Å². The van der Waals surface area contributed by atoms with Crippen LogP contribution in [-0.4, -0.2) is 6.04 Å². The molecule has 0 saturated heterocycles. The minimum Gasteiger partial charge on any atom is -0.310 e. The van der Waals surface area contributed by atoms with Gasteiger partial charge in [-0.2, -0.15) is 0 Å². The molecule has 3 unspecified atom stereocenters. The van der Waals surface area contributed by atoms with E-state index in [-0.39, 0.29) is 5.82 Å². The van der Waals surface area contributed by atoms with Gasteiger partial charge in [0.25, 0.3) is 0 Å². The summed E-state index contributed by atoms with van der Waals surface area (Å²) in [6.45, 7) is 5.31. The third kappa shape index (κ3) is 3.69. The average molecular weight is 270 g/mol. The van der Waals surface area contributed by atoms with E-state index in [0.717, 1.165) is 11.5 Å². The lowest BCUT2D eigenvalue weighted by molar-refractivity contribution is 0.227. The molecule has 0 spiro atoms. The summed E-state index contributed by atoms with van der Waals surface area (Å²) >= 11 is 5.85. The van der Waals surface area contributed by atoms with Crippen molar-refractivity contribution in [1.29, 1.82) is 0 Å². The maximum Gasteiger partial charge on any atom is 0.125 e. The number of benzene rings is 1. The van der Waals surface area contributed by atoms with Gasteiger partial charge >= 0.3 is 0 Å². The summed E-state index contributed by atoms with van der Waals surface area (Å²) in [4.78, 5) is 0. The molecule has 1 aromatic carbocycles. The van der Waals surface area contributed by atoms with E-state index in [0.29, 0.717) is 23.5 Å². The van der Waals surface area contributed by atoms with Gasteiger partial charge in [0.2, 0.25) is 0 Å². The Kier molecular flexibility index (Phi) is 4.63. The largest absolute Gasteiger partial charge is 0.310 e. The SMILES string of the molecule is CC1CCC(NCc2cc(F)cc(Cl)c2)C(C)C1. The molecule has 1 saturated carbocycles. The van der Waals surface area contributed by atoms with Gasteiger partial charge in [-0.1, -0.05) is 25.4 Å². The first kappa shape index (κ1) is 13.8. The van der Waals surface area contributed by atoms with Crippen LogP contribution in [-0.2, 0) is 6.54 Å². The highest BCUT2D eigenvalue weighted by atomic mass is 35.5. The average Bonchev–Trinajstić information content (AvgIpc) is 2.26. The summed E-state index contributed by atoms with van der Waals surface area (Å²) in [7, 11) is 0. The lowest BCUT2D eigenvalue weighted by Gasteiger charge is -2.33. The molecule has 18 heavy (non-hydrogen) atoms. The molecular formula is C15H21ClFN. The van der Waals surface area contributed by atoms with Crippen molar-refractivity contribution in [2.45, 2.75) is 45.7 Å². The molecule has 0 aliphatic heterocycles. The van der Waals surface area contributed by atoms with E-state index < -0.39 is 0 Å². The minimum absolute atomic E-state index is 0.260. The number of nitrogens with one attached hydrogen (secondary N) is 1. The van der Waals surface area contributed by atoms with E-state index in [1.54, 1.807) is 6.07 Å². The zero-order valence-electron chi connectivity index (χ0n) is 11.0. The Labute approximate surface area is 114 Å². The molecule has 1 nitrogen and oxygen atoms in total. The van der Waals surface area contributed by atoms with Gasteiger partial charge in [0.15, 0.2) is 0 Å². The van der Waals surface area contributed by atoms with Crippen LogP contribution in [0.2, 0.25) is 5.02 Å². The van der Waals surface area contributed by atoms with Gasteiger partial charge in [0.05, 0.1) is 0 Å². The van der Waals surface area contributed by atoms with Crippen LogP contribution in [0.3, 0.4) is 0 Å². The van der Waals surface area contributed by atoms with Crippen molar-refractivity contribution in [3.63, 3.8) is 0 Å². The topological polar surface area (TPSA) is 12.0 Å². The van der Waals surface area contributed by atoms with Crippen molar-refractivity contribution < 1.29 is 4.39 Å². The van der Waals surface area contributed by atoms with E-state index >= 15 is 0 Å². The van der Waals surface area contributed by atoms with Crippen LogP contribution < -0.4 is 5.32 Å². The third-order valence-corrected chi connectivity index (χ3v) is 4.14. The highest BCUT2D eigenvalue weighted by Gasteiger charge is 2.24. The smallest absolute Gasteiger partial charge is 0.125 e. The normalized spacial score (nSPS) is 28.3. The van der Waals surface area contributed by atoms with Crippen molar-refractivity contribution in [1.82, 2.24) is 5.32 Å². The zero-order chi connectivity index (χ0) is 13.1. The maximum absolute atomic E-state index is 13.2.